The van der Waals surface area contributed by atoms with Gasteiger partial charge in [-0.05, 0) is 45.2 Å². The van der Waals surface area contributed by atoms with Crippen LogP contribution in [0.25, 0.3) is 11.0 Å². The van der Waals surface area contributed by atoms with Crippen molar-refractivity contribution in [2.75, 3.05) is 19.7 Å². The molecule has 1 heterocycles. The summed E-state index contributed by atoms with van der Waals surface area (Å²) in [6.45, 7) is 10.1. The monoisotopic (exact) mass is 402 g/mol. The van der Waals surface area contributed by atoms with Gasteiger partial charge in [-0.1, -0.05) is 26.0 Å². The van der Waals surface area contributed by atoms with Crippen LogP contribution in [-0.4, -0.2) is 36.4 Å². The zero-order valence-corrected chi connectivity index (χ0v) is 18.1. The van der Waals surface area contributed by atoms with Crippen molar-refractivity contribution in [3.05, 3.63) is 30.0 Å². The number of fused-ring (bicyclic) bond motifs is 1. The maximum absolute atomic E-state index is 12.3. The molecule has 2 aromatic rings. The summed E-state index contributed by atoms with van der Waals surface area (Å²) in [5, 5.41) is 3.91. The van der Waals surface area contributed by atoms with Crippen molar-refractivity contribution in [2.45, 2.75) is 65.8 Å². The Hall–Kier alpha value is -2.50. The minimum Gasteiger partial charge on any atom is -0.490 e. The van der Waals surface area contributed by atoms with Crippen LogP contribution >= 0.6 is 0 Å². The zero-order valence-electron chi connectivity index (χ0n) is 18.1. The van der Waals surface area contributed by atoms with Crippen LogP contribution in [0.4, 0.5) is 0 Å². The van der Waals surface area contributed by atoms with Gasteiger partial charge in [-0.2, -0.15) is 0 Å². The first-order valence-electron chi connectivity index (χ1n) is 10.7. The topological polar surface area (TPSA) is 71.8 Å². The van der Waals surface area contributed by atoms with Crippen molar-refractivity contribution < 1.29 is 18.7 Å². The van der Waals surface area contributed by atoms with E-state index in [9.17, 15) is 9.59 Å². The lowest BCUT2D eigenvalue weighted by Crippen LogP contribution is -2.32. The van der Waals surface area contributed by atoms with E-state index in [0.717, 1.165) is 31.3 Å². The Labute approximate surface area is 173 Å². The van der Waals surface area contributed by atoms with E-state index in [1.165, 1.54) is 0 Å². The van der Waals surface area contributed by atoms with Gasteiger partial charge >= 0.3 is 0 Å². The number of para-hydroxylation sites is 1. The van der Waals surface area contributed by atoms with Gasteiger partial charge in [-0.25, -0.2) is 0 Å². The van der Waals surface area contributed by atoms with Crippen molar-refractivity contribution in [2.24, 2.45) is 0 Å². The number of ether oxygens (including phenoxy) is 1. The van der Waals surface area contributed by atoms with Crippen LogP contribution in [-0.2, 0) is 9.59 Å². The van der Waals surface area contributed by atoms with Crippen LogP contribution in [0.3, 0.4) is 0 Å². The fourth-order valence-corrected chi connectivity index (χ4v) is 3.38. The van der Waals surface area contributed by atoms with Crippen molar-refractivity contribution >= 4 is 22.8 Å². The minimum atomic E-state index is -0.253. The van der Waals surface area contributed by atoms with E-state index in [1.807, 2.05) is 43.0 Å². The lowest BCUT2D eigenvalue weighted by atomic mass is 10.1. The molecule has 0 radical (unpaired) electrons. The average molecular weight is 403 g/mol. The highest BCUT2D eigenvalue weighted by atomic mass is 16.5. The second-order valence-corrected chi connectivity index (χ2v) is 7.28. The van der Waals surface area contributed by atoms with Gasteiger partial charge in [0.25, 0.3) is 0 Å². The third-order valence-electron chi connectivity index (χ3n) is 4.77. The lowest BCUT2D eigenvalue weighted by molar-refractivity contribution is -0.131. The molecule has 1 aromatic carbocycles. The van der Waals surface area contributed by atoms with Crippen LogP contribution in [0, 0.1) is 0 Å². The Bertz CT molecular complexity index is 793. The summed E-state index contributed by atoms with van der Waals surface area (Å²) in [5.41, 5.74) is 0.697. The number of benzene rings is 1. The molecule has 0 aliphatic heterocycles. The second kappa shape index (κ2) is 11.5. The lowest BCUT2D eigenvalue weighted by Gasteiger charge is -2.21. The fraction of sp³-hybridized carbons (Fsp3) is 0.565. The molecule has 0 aliphatic carbocycles. The summed E-state index contributed by atoms with van der Waals surface area (Å²) in [4.78, 5) is 26.5. The molecule has 0 saturated carbocycles. The van der Waals surface area contributed by atoms with E-state index in [2.05, 4.69) is 19.2 Å². The summed E-state index contributed by atoms with van der Waals surface area (Å²) in [6, 6.07) is 7.44. The molecule has 2 amide bonds. The number of amides is 2. The highest BCUT2D eigenvalue weighted by molar-refractivity contribution is 5.84. The van der Waals surface area contributed by atoms with Crippen LogP contribution in [0.2, 0.25) is 0 Å². The van der Waals surface area contributed by atoms with E-state index >= 15 is 0 Å². The predicted octanol–water partition coefficient (Wildman–Crippen LogP) is 4.83. The normalized spacial score (nSPS) is 12.0. The molecule has 6 nitrogen and oxygen atoms in total. The van der Waals surface area contributed by atoms with Crippen molar-refractivity contribution in [3.8, 4) is 5.75 Å². The van der Waals surface area contributed by atoms with Crippen molar-refractivity contribution in [1.29, 1.82) is 0 Å². The van der Waals surface area contributed by atoms with Gasteiger partial charge in [0.05, 0.1) is 12.6 Å². The predicted molar refractivity (Wildman–Crippen MR) is 115 cm³/mol. The highest BCUT2D eigenvalue weighted by Gasteiger charge is 2.17. The van der Waals surface area contributed by atoms with E-state index in [4.69, 9.17) is 9.15 Å². The van der Waals surface area contributed by atoms with Crippen molar-refractivity contribution in [1.82, 2.24) is 10.2 Å². The molecule has 0 bridgehead atoms. The molecule has 29 heavy (non-hydrogen) atoms. The number of carbonyl (C=O) groups excluding carboxylic acids is 2. The SMILES string of the molecule is CCCN(CCC)C(=O)CCCC(=O)NC(C)c1cc2cccc(OCC)c2o1. The smallest absolute Gasteiger partial charge is 0.222 e. The molecule has 6 heteroatoms. The van der Waals surface area contributed by atoms with Gasteiger partial charge in [-0.3, -0.25) is 9.59 Å². The molecule has 0 saturated heterocycles. The Morgan fingerprint density at radius 1 is 1.14 bits per heavy atom. The highest BCUT2D eigenvalue weighted by Crippen LogP contribution is 2.31. The molecular formula is C23H34N2O4. The third-order valence-corrected chi connectivity index (χ3v) is 4.77. The van der Waals surface area contributed by atoms with Gasteiger partial charge in [0.15, 0.2) is 11.3 Å². The van der Waals surface area contributed by atoms with Gasteiger partial charge < -0.3 is 19.4 Å². The maximum atomic E-state index is 12.3. The molecule has 0 fully saturated rings. The largest absolute Gasteiger partial charge is 0.490 e. The Morgan fingerprint density at radius 3 is 2.52 bits per heavy atom. The summed E-state index contributed by atoms with van der Waals surface area (Å²) in [5.74, 6) is 1.45. The zero-order chi connectivity index (χ0) is 21.2. The van der Waals surface area contributed by atoms with Crippen LogP contribution in [0.15, 0.2) is 28.7 Å². The second-order valence-electron chi connectivity index (χ2n) is 7.28. The van der Waals surface area contributed by atoms with E-state index in [-0.39, 0.29) is 17.9 Å². The Balaban J connectivity index is 1.86. The van der Waals surface area contributed by atoms with Gasteiger partial charge in [0.1, 0.15) is 5.76 Å². The summed E-state index contributed by atoms with van der Waals surface area (Å²) < 4.78 is 11.5. The molecule has 1 aromatic heterocycles. The average Bonchev–Trinajstić information content (AvgIpc) is 3.13. The molecule has 2 rings (SSSR count). The summed E-state index contributed by atoms with van der Waals surface area (Å²) >= 11 is 0. The molecule has 160 valence electrons. The molecular weight excluding hydrogens is 368 g/mol. The Morgan fingerprint density at radius 2 is 1.86 bits per heavy atom. The summed E-state index contributed by atoms with van der Waals surface area (Å²) in [6.07, 6.45) is 3.19. The van der Waals surface area contributed by atoms with E-state index in [1.54, 1.807) is 0 Å². The van der Waals surface area contributed by atoms with Crippen molar-refractivity contribution in [3.63, 3.8) is 0 Å². The number of nitrogens with one attached hydrogen (secondary N) is 1. The molecule has 1 unspecified atom stereocenters. The van der Waals surface area contributed by atoms with Crippen LogP contribution < -0.4 is 10.1 Å². The number of hydrogen-bond acceptors (Lipinski definition) is 4. The minimum absolute atomic E-state index is 0.0756. The van der Waals surface area contributed by atoms with Gasteiger partial charge in [-0.15, -0.1) is 0 Å². The third kappa shape index (κ3) is 6.51. The summed E-state index contributed by atoms with van der Waals surface area (Å²) in [7, 11) is 0. The molecule has 1 N–H and O–H groups in total. The van der Waals surface area contributed by atoms with Crippen LogP contribution in [0.5, 0.6) is 5.75 Å². The number of nitrogens with zero attached hydrogens (tertiary/aromatic N) is 1. The molecule has 1 atom stereocenters. The standard InChI is InChI=1S/C23H34N2O4/c1-5-14-25(15-6-2)22(27)13-9-12-21(26)24-17(4)20-16-18-10-8-11-19(28-7-3)23(18)29-20/h8,10-11,16-17H,5-7,9,12-15H2,1-4H3,(H,24,26). The fourth-order valence-electron chi connectivity index (χ4n) is 3.38. The van der Waals surface area contributed by atoms with E-state index in [0.29, 0.717) is 43.0 Å². The molecule has 0 aliphatic rings. The first-order chi connectivity index (χ1) is 14.0. The number of rotatable bonds is 12. The molecule has 0 spiro atoms. The number of hydrogen-bond donors (Lipinski definition) is 1. The number of furan rings is 1. The quantitative estimate of drug-likeness (QED) is 0.552. The number of carbonyl (C=O) groups is 2. The Kier molecular flexibility index (Phi) is 9.03. The van der Waals surface area contributed by atoms with Gasteiger partial charge in [0.2, 0.25) is 11.8 Å². The maximum Gasteiger partial charge on any atom is 0.222 e. The van der Waals surface area contributed by atoms with E-state index < -0.39 is 0 Å². The first kappa shape index (κ1) is 22.8. The first-order valence-corrected chi connectivity index (χ1v) is 10.7. The van der Waals surface area contributed by atoms with Gasteiger partial charge in [0, 0.05) is 31.3 Å². The van der Waals surface area contributed by atoms with Crippen LogP contribution in [0.1, 0.15) is 71.6 Å².